The second-order valence-electron chi connectivity index (χ2n) is 5.40. The van der Waals surface area contributed by atoms with Crippen molar-refractivity contribution in [3.8, 4) is 0 Å². The van der Waals surface area contributed by atoms with E-state index in [1.807, 2.05) is 0 Å². The number of amides is 1. The van der Waals surface area contributed by atoms with Gasteiger partial charge in [-0.05, 0) is 24.0 Å². The summed E-state index contributed by atoms with van der Waals surface area (Å²) in [5.74, 6) is 0.221. The molecule has 2 aliphatic rings. The number of carbonyl (C=O) groups is 1. The van der Waals surface area contributed by atoms with E-state index in [-0.39, 0.29) is 32.7 Å². The lowest BCUT2D eigenvalue weighted by Crippen LogP contribution is -2.40. The molecule has 2 heterocycles. The number of fused-ring (bicyclic) bond motifs is 1. The molecule has 0 aliphatic carbocycles. The van der Waals surface area contributed by atoms with Crippen LogP contribution in [0.4, 0.5) is 0 Å². The fourth-order valence-electron chi connectivity index (χ4n) is 2.93. The van der Waals surface area contributed by atoms with Gasteiger partial charge in [-0.3, -0.25) is 4.79 Å². The molecular weight excluding hydrogens is 335 g/mol. The van der Waals surface area contributed by atoms with Crippen molar-refractivity contribution in [1.82, 2.24) is 9.62 Å². The molecule has 2 fully saturated rings. The monoisotopic (exact) mass is 348 g/mol. The van der Waals surface area contributed by atoms with Gasteiger partial charge in [0.05, 0.1) is 10.0 Å². The largest absolute Gasteiger partial charge is 0.356 e. The highest BCUT2D eigenvalue weighted by molar-refractivity contribution is 7.89. The Morgan fingerprint density at radius 1 is 1.19 bits per heavy atom. The predicted octanol–water partition coefficient (Wildman–Crippen LogP) is 1.75. The minimum absolute atomic E-state index is 0.0173. The van der Waals surface area contributed by atoms with E-state index in [1.54, 1.807) is 12.1 Å². The molecule has 0 unspecified atom stereocenters. The average Bonchev–Trinajstić information content (AvgIpc) is 2.85. The maximum absolute atomic E-state index is 12.7. The second kappa shape index (κ2) is 5.43. The molecule has 2 atom stereocenters. The van der Waals surface area contributed by atoms with Gasteiger partial charge in [-0.2, -0.15) is 4.31 Å². The third-order valence-corrected chi connectivity index (χ3v) is 6.89. The minimum atomic E-state index is -3.69. The van der Waals surface area contributed by atoms with Crippen LogP contribution in [0.25, 0.3) is 0 Å². The summed E-state index contributed by atoms with van der Waals surface area (Å²) < 4.78 is 26.8. The van der Waals surface area contributed by atoms with Gasteiger partial charge in [0.25, 0.3) is 0 Å². The number of halogens is 2. The molecule has 1 amide bonds. The Morgan fingerprint density at radius 2 is 1.90 bits per heavy atom. The zero-order valence-corrected chi connectivity index (χ0v) is 13.4. The van der Waals surface area contributed by atoms with E-state index in [0.717, 1.165) is 0 Å². The summed E-state index contributed by atoms with van der Waals surface area (Å²) in [5, 5.41) is 3.04. The van der Waals surface area contributed by atoms with Gasteiger partial charge < -0.3 is 5.32 Å². The number of carbonyl (C=O) groups excluding carboxylic acids is 1. The molecular formula is C13H14Cl2N2O3S. The lowest BCUT2D eigenvalue weighted by Gasteiger charge is -2.23. The fourth-order valence-corrected chi connectivity index (χ4v) is 5.22. The molecule has 0 aromatic heterocycles. The number of piperidine rings is 1. The van der Waals surface area contributed by atoms with Crippen LogP contribution in [0.1, 0.15) is 6.42 Å². The van der Waals surface area contributed by atoms with E-state index >= 15 is 0 Å². The molecule has 1 N–H and O–H groups in total. The predicted molar refractivity (Wildman–Crippen MR) is 79.8 cm³/mol. The molecule has 0 saturated carbocycles. The summed E-state index contributed by atoms with van der Waals surface area (Å²) in [6.45, 7) is 1.28. The van der Waals surface area contributed by atoms with Crippen LogP contribution in [-0.2, 0) is 14.8 Å². The lowest BCUT2D eigenvalue weighted by molar-refractivity contribution is -0.124. The van der Waals surface area contributed by atoms with Crippen LogP contribution in [0, 0.1) is 11.8 Å². The van der Waals surface area contributed by atoms with Crippen LogP contribution in [-0.4, -0.2) is 38.3 Å². The Balaban J connectivity index is 1.90. The number of nitrogens with one attached hydrogen (secondary N) is 1. The Hall–Kier alpha value is -0.820. The van der Waals surface area contributed by atoms with Crippen LogP contribution in [0.3, 0.4) is 0 Å². The van der Waals surface area contributed by atoms with Crippen molar-refractivity contribution in [3.63, 3.8) is 0 Å². The van der Waals surface area contributed by atoms with Crippen LogP contribution < -0.4 is 5.32 Å². The van der Waals surface area contributed by atoms with Gasteiger partial charge in [-0.25, -0.2) is 8.42 Å². The number of hydrogen-bond donors (Lipinski definition) is 1. The van der Waals surface area contributed by atoms with E-state index in [2.05, 4.69) is 5.32 Å². The minimum Gasteiger partial charge on any atom is -0.356 e. The third kappa shape index (κ3) is 2.65. The lowest BCUT2D eigenvalue weighted by atomic mass is 9.89. The number of sulfonamides is 1. The molecule has 5 nitrogen and oxygen atoms in total. The van der Waals surface area contributed by atoms with Gasteiger partial charge in [-0.15, -0.1) is 0 Å². The zero-order valence-electron chi connectivity index (χ0n) is 11.1. The van der Waals surface area contributed by atoms with Gasteiger partial charge >= 0.3 is 0 Å². The Kier molecular flexibility index (Phi) is 3.90. The number of hydrogen-bond acceptors (Lipinski definition) is 3. The van der Waals surface area contributed by atoms with E-state index in [1.165, 1.54) is 10.4 Å². The Bertz CT molecular complexity index is 693. The summed E-state index contributed by atoms with van der Waals surface area (Å²) in [5.41, 5.74) is 0. The van der Waals surface area contributed by atoms with Gasteiger partial charge in [0.1, 0.15) is 4.90 Å². The van der Waals surface area contributed by atoms with E-state index in [0.29, 0.717) is 26.1 Å². The van der Waals surface area contributed by atoms with Crippen molar-refractivity contribution in [2.24, 2.45) is 11.8 Å². The molecule has 1 aromatic carbocycles. The van der Waals surface area contributed by atoms with Crippen LogP contribution in [0.5, 0.6) is 0 Å². The van der Waals surface area contributed by atoms with Gasteiger partial charge in [0.2, 0.25) is 15.9 Å². The highest BCUT2D eigenvalue weighted by Crippen LogP contribution is 2.36. The summed E-state index contributed by atoms with van der Waals surface area (Å²) in [6.07, 6.45) is 0.375. The van der Waals surface area contributed by atoms with Crippen molar-refractivity contribution >= 4 is 39.1 Å². The third-order valence-electron chi connectivity index (χ3n) is 4.09. The molecule has 2 saturated heterocycles. The summed E-state index contributed by atoms with van der Waals surface area (Å²) in [4.78, 5) is 11.4. The first kappa shape index (κ1) is 15.1. The number of nitrogens with zero attached hydrogens (tertiary/aromatic N) is 1. The van der Waals surface area contributed by atoms with Gasteiger partial charge in [-0.1, -0.05) is 29.3 Å². The highest BCUT2D eigenvalue weighted by Gasteiger charge is 2.42. The molecule has 114 valence electrons. The number of benzene rings is 1. The molecule has 2 aliphatic heterocycles. The zero-order chi connectivity index (χ0) is 15.2. The summed E-state index contributed by atoms with van der Waals surface area (Å²) in [7, 11) is -3.69. The molecule has 0 spiro atoms. The Labute approximate surface area is 133 Å². The smallest absolute Gasteiger partial charge is 0.244 e. The molecule has 3 rings (SSSR count). The summed E-state index contributed by atoms with van der Waals surface area (Å²) in [6, 6.07) is 4.57. The van der Waals surface area contributed by atoms with Crippen molar-refractivity contribution in [1.29, 1.82) is 0 Å². The molecule has 0 radical (unpaired) electrons. The first-order valence-corrected chi connectivity index (χ1v) is 8.80. The Morgan fingerprint density at radius 3 is 2.67 bits per heavy atom. The quantitative estimate of drug-likeness (QED) is 0.885. The molecule has 21 heavy (non-hydrogen) atoms. The molecule has 1 aromatic rings. The van der Waals surface area contributed by atoms with Crippen LogP contribution in [0.15, 0.2) is 23.1 Å². The van der Waals surface area contributed by atoms with Crippen molar-refractivity contribution in [3.05, 3.63) is 28.2 Å². The van der Waals surface area contributed by atoms with Gasteiger partial charge in [0.15, 0.2) is 0 Å². The van der Waals surface area contributed by atoms with Crippen molar-refractivity contribution in [2.45, 2.75) is 11.3 Å². The van der Waals surface area contributed by atoms with Crippen molar-refractivity contribution in [2.75, 3.05) is 19.6 Å². The first-order chi connectivity index (χ1) is 9.89. The standard InChI is InChI=1S/C13H14Cl2N2O3S/c14-10-2-1-3-11(13(10)15)21(19,20)17-6-8-4-12(18)16-5-9(8)7-17/h1-3,8-9H,4-7H2,(H,16,18)/t8-,9+/m1/s1. The SMILES string of the molecule is O=C1C[C@@H]2CN(S(=O)(=O)c3cccc(Cl)c3Cl)C[C@@H]2CN1. The molecule has 8 heteroatoms. The summed E-state index contributed by atoms with van der Waals surface area (Å²) >= 11 is 11.9. The average molecular weight is 349 g/mol. The second-order valence-corrected chi connectivity index (χ2v) is 8.09. The van der Waals surface area contributed by atoms with Crippen molar-refractivity contribution < 1.29 is 13.2 Å². The van der Waals surface area contributed by atoms with E-state index in [9.17, 15) is 13.2 Å². The topological polar surface area (TPSA) is 66.5 Å². The van der Waals surface area contributed by atoms with Crippen LogP contribution in [0.2, 0.25) is 10.0 Å². The highest BCUT2D eigenvalue weighted by atomic mass is 35.5. The maximum atomic E-state index is 12.7. The maximum Gasteiger partial charge on any atom is 0.244 e. The molecule has 0 bridgehead atoms. The normalized spacial score (nSPS) is 26.5. The van der Waals surface area contributed by atoms with Gasteiger partial charge in [0, 0.05) is 26.1 Å². The van der Waals surface area contributed by atoms with E-state index < -0.39 is 10.0 Å². The van der Waals surface area contributed by atoms with Crippen LogP contribution >= 0.6 is 23.2 Å². The first-order valence-electron chi connectivity index (χ1n) is 6.60. The van der Waals surface area contributed by atoms with E-state index in [4.69, 9.17) is 23.2 Å². The number of rotatable bonds is 2. The fraction of sp³-hybridized carbons (Fsp3) is 0.462.